The van der Waals surface area contributed by atoms with E-state index in [1.165, 1.54) is 25.7 Å². The first-order valence-electron chi connectivity index (χ1n) is 7.14. The topological polar surface area (TPSA) is 31.4 Å². The smallest absolute Gasteiger partial charge is 0.220 e. The number of unbranched alkanes of at least 4 members (excludes halogenated alkanes) is 3. The van der Waals surface area contributed by atoms with E-state index in [1.807, 2.05) is 6.07 Å². The average molecular weight is 265 g/mol. The molecule has 3 nitrogen and oxygen atoms in total. The molecule has 19 heavy (non-hydrogen) atoms. The Kier molecular flexibility index (Phi) is 6.13. The zero-order chi connectivity index (χ0) is 14.3. The van der Waals surface area contributed by atoms with Crippen LogP contribution in [0.5, 0.6) is 11.6 Å². The van der Waals surface area contributed by atoms with Gasteiger partial charge in [0.1, 0.15) is 5.75 Å². The van der Waals surface area contributed by atoms with Gasteiger partial charge in [0, 0.05) is 6.20 Å². The van der Waals surface area contributed by atoms with E-state index in [1.54, 1.807) is 20.4 Å². The number of nitrogens with zero attached hydrogens (tertiary/aromatic N) is 1. The molecule has 1 aromatic heterocycles. The monoisotopic (exact) mass is 265 g/mol. The Morgan fingerprint density at radius 3 is 2.42 bits per heavy atom. The molecule has 0 atom stereocenters. The van der Waals surface area contributed by atoms with E-state index in [-0.39, 0.29) is 5.41 Å². The fourth-order valence-corrected chi connectivity index (χ4v) is 2.49. The fourth-order valence-electron chi connectivity index (χ4n) is 2.49. The van der Waals surface area contributed by atoms with Crippen molar-refractivity contribution in [3.63, 3.8) is 0 Å². The van der Waals surface area contributed by atoms with Crippen LogP contribution in [0.2, 0.25) is 0 Å². The first-order chi connectivity index (χ1) is 9.06. The number of rotatable bonds is 8. The highest BCUT2D eigenvalue weighted by Crippen LogP contribution is 2.40. The summed E-state index contributed by atoms with van der Waals surface area (Å²) in [5.74, 6) is 1.55. The standard InChI is InChI=1S/C16H27NO2/c1-6-7-8-9-11-16(2,3)14-13(18-4)10-12-17-15(14)19-5/h10,12H,6-9,11H2,1-5H3. The Morgan fingerprint density at radius 1 is 1.11 bits per heavy atom. The van der Waals surface area contributed by atoms with Crippen molar-refractivity contribution < 1.29 is 9.47 Å². The molecule has 0 saturated carbocycles. The lowest BCUT2D eigenvalue weighted by atomic mass is 9.79. The van der Waals surface area contributed by atoms with Crippen LogP contribution in [0.3, 0.4) is 0 Å². The van der Waals surface area contributed by atoms with Gasteiger partial charge in [-0.05, 0) is 17.9 Å². The van der Waals surface area contributed by atoms with Crippen molar-refractivity contribution in [2.24, 2.45) is 0 Å². The van der Waals surface area contributed by atoms with E-state index < -0.39 is 0 Å². The summed E-state index contributed by atoms with van der Waals surface area (Å²) in [6.45, 7) is 6.71. The second-order valence-corrected chi connectivity index (χ2v) is 5.59. The molecule has 1 rings (SSSR count). The molecular formula is C16H27NO2. The summed E-state index contributed by atoms with van der Waals surface area (Å²) in [7, 11) is 3.36. The Morgan fingerprint density at radius 2 is 1.84 bits per heavy atom. The maximum atomic E-state index is 5.48. The van der Waals surface area contributed by atoms with Crippen molar-refractivity contribution in [3.8, 4) is 11.6 Å². The number of methoxy groups -OCH3 is 2. The van der Waals surface area contributed by atoms with Crippen molar-refractivity contribution in [2.45, 2.75) is 58.3 Å². The third kappa shape index (κ3) is 4.12. The van der Waals surface area contributed by atoms with E-state index in [9.17, 15) is 0 Å². The van der Waals surface area contributed by atoms with E-state index in [0.29, 0.717) is 5.88 Å². The van der Waals surface area contributed by atoms with Gasteiger partial charge in [0.2, 0.25) is 5.88 Å². The Bertz CT molecular complexity index is 366. The van der Waals surface area contributed by atoms with Gasteiger partial charge < -0.3 is 9.47 Å². The third-order valence-corrected chi connectivity index (χ3v) is 3.62. The number of pyridine rings is 1. The highest BCUT2D eigenvalue weighted by molar-refractivity contribution is 5.45. The summed E-state index contributed by atoms with van der Waals surface area (Å²) in [4.78, 5) is 4.31. The van der Waals surface area contributed by atoms with E-state index in [0.717, 1.165) is 17.7 Å². The molecule has 0 aliphatic carbocycles. The minimum atomic E-state index is 0.0126. The van der Waals surface area contributed by atoms with Crippen LogP contribution in [0.15, 0.2) is 12.3 Å². The summed E-state index contributed by atoms with van der Waals surface area (Å²) in [5, 5.41) is 0. The van der Waals surface area contributed by atoms with Gasteiger partial charge in [-0.1, -0.05) is 46.5 Å². The zero-order valence-electron chi connectivity index (χ0n) is 13.0. The number of ether oxygens (including phenoxy) is 2. The summed E-state index contributed by atoms with van der Waals surface area (Å²) < 4.78 is 10.9. The SMILES string of the molecule is CCCCCCC(C)(C)c1c(OC)ccnc1OC. The maximum absolute atomic E-state index is 5.48. The lowest BCUT2D eigenvalue weighted by molar-refractivity contribution is 0.340. The quantitative estimate of drug-likeness (QED) is 0.655. The lowest BCUT2D eigenvalue weighted by Gasteiger charge is -2.28. The number of hydrogen-bond acceptors (Lipinski definition) is 3. The highest BCUT2D eigenvalue weighted by atomic mass is 16.5. The summed E-state index contributed by atoms with van der Waals surface area (Å²) in [6.07, 6.45) is 7.92. The second kappa shape index (κ2) is 7.37. The first-order valence-corrected chi connectivity index (χ1v) is 7.14. The van der Waals surface area contributed by atoms with Crippen LogP contribution in [-0.2, 0) is 5.41 Å². The van der Waals surface area contributed by atoms with Crippen LogP contribution < -0.4 is 9.47 Å². The van der Waals surface area contributed by atoms with Crippen molar-refractivity contribution in [1.82, 2.24) is 4.98 Å². The van der Waals surface area contributed by atoms with Crippen molar-refractivity contribution in [1.29, 1.82) is 0 Å². The highest BCUT2D eigenvalue weighted by Gasteiger charge is 2.28. The zero-order valence-corrected chi connectivity index (χ0v) is 13.0. The molecule has 1 aromatic rings. The molecule has 1 heterocycles. The van der Waals surface area contributed by atoms with Crippen LogP contribution in [0.1, 0.15) is 58.4 Å². The van der Waals surface area contributed by atoms with E-state index >= 15 is 0 Å². The van der Waals surface area contributed by atoms with Gasteiger partial charge in [-0.2, -0.15) is 0 Å². The van der Waals surface area contributed by atoms with E-state index in [2.05, 4.69) is 25.8 Å². The van der Waals surface area contributed by atoms with Crippen LogP contribution in [-0.4, -0.2) is 19.2 Å². The molecule has 0 saturated heterocycles. The molecule has 108 valence electrons. The molecule has 0 aromatic carbocycles. The second-order valence-electron chi connectivity index (χ2n) is 5.59. The Balaban J connectivity index is 2.91. The fraction of sp³-hybridized carbons (Fsp3) is 0.688. The first kappa shape index (κ1) is 15.8. The molecule has 3 heteroatoms. The van der Waals surface area contributed by atoms with Gasteiger partial charge >= 0.3 is 0 Å². The normalized spacial score (nSPS) is 11.4. The van der Waals surface area contributed by atoms with Gasteiger partial charge in [0.25, 0.3) is 0 Å². The molecule has 0 unspecified atom stereocenters. The third-order valence-electron chi connectivity index (χ3n) is 3.62. The molecule has 0 amide bonds. The van der Waals surface area contributed by atoms with Gasteiger partial charge in [-0.3, -0.25) is 0 Å². The average Bonchev–Trinajstić information content (AvgIpc) is 2.42. The Hall–Kier alpha value is -1.25. The number of aromatic nitrogens is 1. The molecule has 0 aliphatic heterocycles. The minimum absolute atomic E-state index is 0.0126. The van der Waals surface area contributed by atoms with Crippen LogP contribution >= 0.6 is 0 Å². The molecule has 0 radical (unpaired) electrons. The summed E-state index contributed by atoms with van der Waals surface area (Å²) in [5.41, 5.74) is 1.09. The molecule has 0 spiro atoms. The molecule has 0 bridgehead atoms. The van der Waals surface area contributed by atoms with Gasteiger partial charge in [-0.15, -0.1) is 0 Å². The van der Waals surface area contributed by atoms with Crippen molar-refractivity contribution >= 4 is 0 Å². The van der Waals surface area contributed by atoms with Crippen LogP contribution in [0.25, 0.3) is 0 Å². The molecule has 0 fully saturated rings. The van der Waals surface area contributed by atoms with Crippen molar-refractivity contribution in [2.75, 3.05) is 14.2 Å². The predicted octanol–water partition coefficient (Wildman–Crippen LogP) is 4.35. The molecular weight excluding hydrogens is 238 g/mol. The largest absolute Gasteiger partial charge is 0.496 e. The number of hydrogen-bond donors (Lipinski definition) is 0. The Labute approximate surface area is 117 Å². The molecule has 0 aliphatic rings. The minimum Gasteiger partial charge on any atom is -0.496 e. The van der Waals surface area contributed by atoms with Gasteiger partial charge in [0.05, 0.1) is 19.8 Å². The van der Waals surface area contributed by atoms with Gasteiger partial charge in [0.15, 0.2) is 0 Å². The summed E-state index contributed by atoms with van der Waals surface area (Å²) >= 11 is 0. The summed E-state index contributed by atoms with van der Waals surface area (Å²) in [6, 6.07) is 1.91. The molecule has 0 N–H and O–H groups in total. The lowest BCUT2D eigenvalue weighted by Crippen LogP contribution is -2.20. The van der Waals surface area contributed by atoms with Gasteiger partial charge in [-0.25, -0.2) is 4.98 Å². The van der Waals surface area contributed by atoms with Crippen LogP contribution in [0.4, 0.5) is 0 Å². The van der Waals surface area contributed by atoms with E-state index in [4.69, 9.17) is 9.47 Å². The predicted molar refractivity (Wildman–Crippen MR) is 79.1 cm³/mol. The van der Waals surface area contributed by atoms with Crippen molar-refractivity contribution in [3.05, 3.63) is 17.8 Å². The van der Waals surface area contributed by atoms with Crippen LogP contribution in [0, 0.1) is 0 Å². The maximum Gasteiger partial charge on any atom is 0.220 e.